The van der Waals surface area contributed by atoms with Gasteiger partial charge in [-0.1, -0.05) is 18.1 Å². The van der Waals surface area contributed by atoms with Crippen LogP contribution in [0.25, 0.3) is 0 Å². The maximum absolute atomic E-state index is 14.4. The molecule has 0 aliphatic carbocycles. The summed E-state index contributed by atoms with van der Waals surface area (Å²) in [5.41, 5.74) is 1.68. The van der Waals surface area contributed by atoms with Gasteiger partial charge in [0.25, 0.3) is 15.9 Å². The molecule has 0 bridgehead atoms. The number of fused-ring (bicyclic) bond motifs is 2. The van der Waals surface area contributed by atoms with Crippen molar-refractivity contribution >= 4 is 21.6 Å². The van der Waals surface area contributed by atoms with Gasteiger partial charge < -0.3 is 33.5 Å². The van der Waals surface area contributed by atoms with E-state index in [1.807, 2.05) is 39.1 Å². The molecule has 0 unspecified atom stereocenters. The molecule has 4 atom stereocenters. The molecule has 0 radical (unpaired) electrons. The van der Waals surface area contributed by atoms with Gasteiger partial charge in [-0.3, -0.25) is 14.4 Å². The summed E-state index contributed by atoms with van der Waals surface area (Å²) in [6, 6.07) is 10.1. The zero-order chi connectivity index (χ0) is 35.3. The Morgan fingerprint density at radius 3 is 2.57 bits per heavy atom. The summed E-state index contributed by atoms with van der Waals surface area (Å²) >= 11 is 0. The first-order valence-electron chi connectivity index (χ1n) is 16.7. The van der Waals surface area contributed by atoms with Gasteiger partial charge in [0.05, 0.1) is 30.4 Å². The number of aliphatic hydroxyl groups is 1. The van der Waals surface area contributed by atoms with Crippen molar-refractivity contribution < 1.29 is 41.8 Å². The number of amides is 1. The van der Waals surface area contributed by atoms with Crippen LogP contribution in [0.4, 0.5) is 5.69 Å². The first-order valence-corrected chi connectivity index (χ1v) is 18.2. The maximum atomic E-state index is 14.4. The summed E-state index contributed by atoms with van der Waals surface area (Å²) in [5, 5.41) is 14.0. The lowest BCUT2D eigenvalue weighted by molar-refractivity contribution is -0.0177. The number of ether oxygens (including phenoxy) is 4. The Bertz CT molecular complexity index is 1690. The van der Waals surface area contributed by atoms with Crippen LogP contribution < -0.4 is 18.9 Å². The SMILES string of the molecule is Cc1noc(C)c1S(=O)(=O)Nc1ccc2c(c1)C(=O)N([C@@H](C)CO)C[C@H](C)[C@H](CN(C)Cc1ccc3c(c1)OCO3)OCCCC[C@H](C)O2. The molecule has 0 saturated heterocycles. The van der Waals surface area contributed by atoms with E-state index in [1.54, 1.807) is 30.9 Å². The fourth-order valence-electron chi connectivity index (χ4n) is 6.24. The molecule has 0 fully saturated rings. The van der Waals surface area contributed by atoms with Gasteiger partial charge in [-0.15, -0.1) is 0 Å². The smallest absolute Gasteiger partial charge is 0.267 e. The summed E-state index contributed by atoms with van der Waals surface area (Å²) in [5.74, 6) is 1.46. The molecule has 0 spiro atoms. The molecule has 268 valence electrons. The molecule has 1 aromatic heterocycles. The third kappa shape index (κ3) is 8.85. The minimum atomic E-state index is -4.07. The van der Waals surface area contributed by atoms with E-state index < -0.39 is 22.0 Å². The monoisotopic (exact) mass is 700 g/mol. The van der Waals surface area contributed by atoms with Gasteiger partial charge in [-0.25, -0.2) is 8.42 Å². The number of aliphatic hydroxyl groups excluding tert-OH is 1. The Labute approximate surface area is 288 Å². The molecule has 2 N–H and O–H groups in total. The van der Waals surface area contributed by atoms with E-state index in [4.69, 9.17) is 23.5 Å². The number of carbonyl (C=O) groups excluding carboxylic acids is 1. The lowest BCUT2D eigenvalue weighted by Gasteiger charge is -2.36. The minimum absolute atomic E-state index is 0.0531. The number of carbonyl (C=O) groups is 1. The molecule has 3 heterocycles. The molecule has 0 saturated carbocycles. The van der Waals surface area contributed by atoms with Crippen LogP contribution in [-0.4, -0.2) is 92.8 Å². The number of sulfonamides is 1. The number of hydrogen-bond acceptors (Lipinski definition) is 11. The number of benzene rings is 2. The van der Waals surface area contributed by atoms with Crippen LogP contribution in [0.3, 0.4) is 0 Å². The first kappa shape index (κ1) is 36.4. The highest BCUT2D eigenvalue weighted by Gasteiger charge is 2.31. The van der Waals surface area contributed by atoms with Crippen LogP contribution in [0.5, 0.6) is 17.2 Å². The van der Waals surface area contributed by atoms with Crippen LogP contribution in [-0.2, 0) is 21.3 Å². The summed E-state index contributed by atoms with van der Waals surface area (Å²) < 4.78 is 58.1. The van der Waals surface area contributed by atoms with E-state index in [9.17, 15) is 18.3 Å². The van der Waals surface area contributed by atoms with E-state index in [-0.39, 0.29) is 65.7 Å². The number of aryl methyl sites for hydroxylation is 2. The standard InChI is InChI=1S/C35H48N4O9S/c1-22-17-39(23(2)20-40)35(41)29-16-28(37-49(42,43)34-25(4)36-48-26(34)5)11-13-30(29)47-24(3)9-7-8-14-44-33(22)19-38(6)18-27-10-12-31-32(15-27)46-21-45-31/h10-13,15-16,22-24,33,37,40H,7-9,14,17-21H2,1-6H3/t22-,23-,24-,33-/m0/s1. The van der Waals surface area contributed by atoms with E-state index >= 15 is 0 Å². The van der Waals surface area contributed by atoms with E-state index in [0.717, 1.165) is 36.3 Å². The van der Waals surface area contributed by atoms with Crippen LogP contribution in [0, 0.1) is 19.8 Å². The number of likely N-dealkylation sites (N-methyl/N-ethyl adjacent to an activating group) is 1. The van der Waals surface area contributed by atoms with Gasteiger partial charge in [-0.05, 0) is 89.9 Å². The molecule has 2 aliphatic rings. The fraction of sp³-hybridized carbons (Fsp3) is 0.543. The molecule has 2 aliphatic heterocycles. The second kappa shape index (κ2) is 15.8. The van der Waals surface area contributed by atoms with Crippen molar-refractivity contribution in [3.8, 4) is 17.2 Å². The van der Waals surface area contributed by atoms with Crippen molar-refractivity contribution in [2.45, 2.75) is 83.6 Å². The van der Waals surface area contributed by atoms with E-state index in [1.165, 1.54) is 13.0 Å². The molecular weight excluding hydrogens is 652 g/mol. The highest BCUT2D eigenvalue weighted by Crippen LogP contribution is 2.33. The van der Waals surface area contributed by atoms with Crippen LogP contribution in [0.1, 0.15) is 67.4 Å². The van der Waals surface area contributed by atoms with Crippen LogP contribution in [0.2, 0.25) is 0 Å². The van der Waals surface area contributed by atoms with Crippen molar-refractivity contribution in [3.63, 3.8) is 0 Å². The number of nitrogens with zero attached hydrogens (tertiary/aromatic N) is 3. The van der Waals surface area contributed by atoms with Crippen LogP contribution >= 0.6 is 0 Å². The molecule has 3 aromatic rings. The zero-order valence-electron chi connectivity index (χ0n) is 29.1. The molecule has 14 heteroatoms. The first-order chi connectivity index (χ1) is 23.4. The highest BCUT2D eigenvalue weighted by molar-refractivity contribution is 7.92. The zero-order valence-corrected chi connectivity index (χ0v) is 29.9. The van der Waals surface area contributed by atoms with Gasteiger partial charge in [0, 0.05) is 37.8 Å². The quantitative estimate of drug-likeness (QED) is 0.318. The summed E-state index contributed by atoms with van der Waals surface area (Å²) in [7, 11) is -2.04. The lowest BCUT2D eigenvalue weighted by atomic mass is 10.0. The second-order valence-corrected chi connectivity index (χ2v) is 14.8. The largest absolute Gasteiger partial charge is 0.490 e. The Kier molecular flexibility index (Phi) is 11.7. The summed E-state index contributed by atoms with van der Waals surface area (Å²) in [6.07, 6.45) is 2.00. The topological polar surface area (TPSA) is 153 Å². The number of hydrogen-bond donors (Lipinski definition) is 2. The maximum Gasteiger partial charge on any atom is 0.267 e. The Hall–Kier alpha value is -3.85. The molecule has 13 nitrogen and oxygen atoms in total. The lowest BCUT2D eigenvalue weighted by Crippen LogP contribution is -2.47. The highest BCUT2D eigenvalue weighted by atomic mass is 32.2. The van der Waals surface area contributed by atoms with Crippen LogP contribution in [0.15, 0.2) is 45.8 Å². The normalized spacial score (nSPS) is 21.2. The molecule has 2 aromatic carbocycles. The van der Waals surface area contributed by atoms with Gasteiger partial charge in [0.2, 0.25) is 6.79 Å². The molecule has 49 heavy (non-hydrogen) atoms. The predicted molar refractivity (Wildman–Crippen MR) is 183 cm³/mol. The van der Waals surface area contributed by atoms with Crippen molar-refractivity contribution in [3.05, 3.63) is 59.0 Å². The average molecular weight is 701 g/mol. The third-order valence-electron chi connectivity index (χ3n) is 8.92. The third-order valence-corrected chi connectivity index (χ3v) is 10.5. The number of aromatic nitrogens is 1. The Morgan fingerprint density at radius 1 is 1.08 bits per heavy atom. The minimum Gasteiger partial charge on any atom is -0.490 e. The number of nitrogens with one attached hydrogen (secondary N) is 1. The molecular formula is C35H48N4O9S. The van der Waals surface area contributed by atoms with Crippen molar-refractivity contribution in [2.75, 3.05) is 44.9 Å². The number of anilines is 1. The fourth-order valence-corrected chi connectivity index (χ4v) is 7.62. The van der Waals surface area contributed by atoms with Crippen molar-refractivity contribution in [2.24, 2.45) is 5.92 Å². The molecule has 5 rings (SSSR count). The van der Waals surface area contributed by atoms with E-state index in [0.29, 0.717) is 25.4 Å². The van der Waals surface area contributed by atoms with Gasteiger partial charge in [-0.2, -0.15) is 0 Å². The van der Waals surface area contributed by atoms with Crippen molar-refractivity contribution in [1.29, 1.82) is 0 Å². The van der Waals surface area contributed by atoms with Gasteiger partial charge in [0.15, 0.2) is 22.2 Å². The van der Waals surface area contributed by atoms with Gasteiger partial charge >= 0.3 is 0 Å². The van der Waals surface area contributed by atoms with E-state index in [2.05, 4.69) is 14.8 Å². The van der Waals surface area contributed by atoms with Gasteiger partial charge in [0.1, 0.15) is 11.4 Å². The Balaban J connectivity index is 1.41. The average Bonchev–Trinajstić information content (AvgIpc) is 3.67. The summed E-state index contributed by atoms with van der Waals surface area (Å²) in [6.45, 7) is 10.9. The van der Waals surface area contributed by atoms with Crippen molar-refractivity contribution in [1.82, 2.24) is 15.0 Å². The Morgan fingerprint density at radius 2 is 1.84 bits per heavy atom. The second-order valence-electron chi connectivity index (χ2n) is 13.2. The summed E-state index contributed by atoms with van der Waals surface area (Å²) in [4.78, 5) is 18.2. The number of rotatable bonds is 9. The predicted octanol–water partition coefficient (Wildman–Crippen LogP) is 4.75. The molecule has 1 amide bonds.